The second-order valence-electron chi connectivity index (χ2n) is 5.93. The first-order valence-electron chi connectivity index (χ1n) is 6.57. The molecule has 0 atom stereocenters. The highest BCUT2D eigenvalue weighted by Gasteiger charge is 2.32. The van der Waals surface area contributed by atoms with Crippen molar-refractivity contribution in [1.29, 1.82) is 0 Å². The first kappa shape index (κ1) is 15.8. The largest absolute Gasteiger partial charge is 0.481 e. The van der Waals surface area contributed by atoms with Crippen LogP contribution in [0.4, 0.5) is 4.79 Å². The second kappa shape index (κ2) is 6.75. The third kappa shape index (κ3) is 5.46. The lowest BCUT2D eigenvalue weighted by Crippen LogP contribution is -2.55. The van der Waals surface area contributed by atoms with Gasteiger partial charge < -0.3 is 20.1 Å². The number of methoxy groups -OCH3 is 1. The number of nitrogens with one attached hydrogen (secondary N) is 1. The topological polar surface area (TPSA) is 78.9 Å². The Morgan fingerprint density at radius 3 is 2.58 bits per heavy atom. The number of rotatable bonds is 7. The lowest BCUT2D eigenvalue weighted by Gasteiger charge is -2.39. The van der Waals surface area contributed by atoms with Crippen molar-refractivity contribution in [3.05, 3.63) is 0 Å². The van der Waals surface area contributed by atoms with Gasteiger partial charge in [0.2, 0.25) is 0 Å². The summed E-state index contributed by atoms with van der Waals surface area (Å²) in [7, 11) is 1.66. The maximum atomic E-state index is 11.8. The number of hydrogen-bond acceptors (Lipinski definition) is 3. The van der Waals surface area contributed by atoms with Gasteiger partial charge in [-0.05, 0) is 11.8 Å². The molecule has 0 aromatic heterocycles. The molecule has 0 spiro atoms. The van der Waals surface area contributed by atoms with E-state index >= 15 is 0 Å². The van der Waals surface area contributed by atoms with Crippen molar-refractivity contribution in [2.24, 2.45) is 11.3 Å². The Hall–Kier alpha value is -1.30. The zero-order valence-electron chi connectivity index (χ0n) is 11.9. The van der Waals surface area contributed by atoms with Crippen molar-refractivity contribution < 1.29 is 19.4 Å². The summed E-state index contributed by atoms with van der Waals surface area (Å²) < 4.78 is 5.04. The summed E-state index contributed by atoms with van der Waals surface area (Å²) in [5, 5.41) is 11.5. The fourth-order valence-electron chi connectivity index (χ4n) is 2.01. The molecule has 2 N–H and O–H groups in total. The number of carbonyl (C=O) groups excluding carboxylic acids is 1. The molecule has 0 saturated carbocycles. The van der Waals surface area contributed by atoms with Gasteiger partial charge in [-0.3, -0.25) is 4.79 Å². The van der Waals surface area contributed by atoms with Gasteiger partial charge in [0, 0.05) is 39.3 Å². The Labute approximate surface area is 114 Å². The van der Waals surface area contributed by atoms with E-state index in [-0.39, 0.29) is 23.8 Å². The molecule has 1 fully saturated rings. The predicted octanol–water partition coefficient (Wildman–Crippen LogP) is 1.17. The van der Waals surface area contributed by atoms with Crippen LogP contribution in [0.5, 0.6) is 0 Å². The molecule has 1 heterocycles. The molecule has 19 heavy (non-hydrogen) atoms. The molecule has 0 aromatic carbocycles. The van der Waals surface area contributed by atoms with Gasteiger partial charge in [0.05, 0.1) is 6.42 Å². The minimum atomic E-state index is -0.800. The summed E-state index contributed by atoms with van der Waals surface area (Å²) in [6, 6.07) is -0.105. The number of carboxylic acids is 1. The summed E-state index contributed by atoms with van der Waals surface area (Å²) in [4.78, 5) is 24.0. The Morgan fingerprint density at radius 2 is 2.05 bits per heavy atom. The molecule has 0 unspecified atom stereocenters. The highest BCUT2D eigenvalue weighted by molar-refractivity contribution is 5.75. The van der Waals surface area contributed by atoms with E-state index in [1.54, 1.807) is 12.0 Å². The lowest BCUT2D eigenvalue weighted by atomic mass is 9.89. The maximum Gasteiger partial charge on any atom is 0.317 e. The Kier molecular flexibility index (Phi) is 5.60. The molecule has 110 valence electrons. The van der Waals surface area contributed by atoms with Gasteiger partial charge in [-0.1, -0.05) is 13.8 Å². The van der Waals surface area contributed by atoms with E-state index in [1.165, 1.54) is 0 Å². The van der Waals surface area contributed by atoms with Crippen molar-refractivity contribution in [3.8, 4) is 0 Å². The minimum Gasteiger partial charge on any atom is -0.481 e. The average molecular weight is 272 g/mol. The van der Waals surface area contributed by atoms with Crippen molar-refractivity contribution in [3.63, 3.8) is 0 Å². The number of urea groups is 1. The molecule has 6 nitrogen and oxygen atoms in total. The fourth-order valence-corrected chi connectivity index (χ4v) is 2.01. The molecule has 0 radical (unpaired) electrons. The number of carboxylic acid groups (broad SMARTS) is 1. The lowest BCUT2D eigenvalue weighted by molar-refractivity contribution is -0.139. The third-order valence-corrected chi connectivity index (χ3v) is 3.41. The quantitative estimate of drug-likeness (QED) is 0.729. The molecule has 0 bridgehead atoms. The van der Waals surface area contributed by atoms with Gasteiger partial charge in [-0.2, -0.15) is 0 Å². The number of amides is 2. The Bertz CT molecular complexity index is 325. The van der Waals surface area contributed by atoms with Crippen LogP contribution in [0.2, 0.25) is 0 Å². The molecule has 0 aromatic rings. The van der Waals surface area contributed by atoms with Crippen LogP contribution in [0.15, 0.2) is 0 Å². The smallest absolute Gasteiger partial charge is 0.317 e. The summed E-state index contributed by atoms with van der Waals surface area (Å²) in [6.07, 6.45) is 1.02. The first-order chi connectivity index (χ1) is 8.84. The normalized spacial score (nSPS) is 16.1. The molecule has 1 rings (SSSR count). The second-order valence-corrected chi connectivity index (χ2v) is 5.93. The van der Waals surface area contributed by atoms with Crippen LogP contribution in [0, 0.1) is 11.3 Å². The molecule has 6 heteroatoms. The molecule has 1 aliphatic heterocycles. The molecule has 2 amide bonds. The van der Waals surface area contributed by atoms with Gasteiger partial charge in [-0.15, -0.1) is 0 Å². The van der Waals surface area contributed by atoms with Crippen molar-refractivity contribution in [2.75, 3.05) is 33.4 Å². The van der Waals surface area contributed by atoms with Gasteiger partial charge in [-0.25, -0.2) is 4.79 Å². The monoisotopic (exact) mass is 272 g/mol. The standard InChI is InChI=1S/C13H24N2O4/c1-13(2,4-5-19-3)9-14-12(18)15-7-10(8-15)6-11(16)17/h10H,4-9H2,1-3H3,(H,14,18)(H,16,17). The van der Waals surface area contributed by atoms with Gasteiger partial charge in [0.1, 0.15) is 0 Å². The van der Waals surface area contributed by atoms with Gasteiger partial charge in [0.25, 0.3) is 0 Å². The number of ether oxygens (including phenoxy) is 1. The molecule has 1 saturated heterocycles. The van der Waals surface area contributed by atoms with Crippen LogP contribution in [-0.4, -0.2) is 55.4 Å². The molecular formula is C13H24N2O4. The highest BCUT2D eigenvalue weighted by atomic mass is 16.5. The van der Waals surface area contributed by atoms with Crippen LogP contribution in [-0.2, 0) is 9.53 Å². The Balaban J connectivity index is 2.21. The van der Waals surface area contributed by atoms with E-state index in [4.69, 9.17) is 9.84 Å². The number of hydrogen-bond donors (Lipinski definition) is 2. The molecule has 0 aliphatic carbocycles. The summed E-state index contributed by atoms with van der Waals surface area (Å²) in [5.41, 5.74) is -0.00297. The number of nitrogens with zero attached hydrogens (tertiary/aromatic N) is 1. The molecule has 1 aliphatic rings. The van der Waals surface area contributed by atoms with Crippen LogP contribution < -0.4 is 5.32 Å². The van der Waals surface area contributed by atoms with Crippen molar-refractivity contribution in [2.45, 2.75) is 26.7 Å². The summed E-state index contributed by atoms with van der Waals surface area (Å²) in [6.45, 7) is 6.50. The number of carbonyl (C=O) groups is 2. The minimum absolute atomic E-state index is 0.00297. The zero-order valence-corrected chi connectivity index (χ0v) is 11.9. The first-order valence-corrected chi connectivity index (χ1v) is 6.57. The molecular weight excluding hydrogens is 248 g/mol. The van der Waals surface area contributed by atoms with E-state index in [1.807, 2.05) is 0 Å². The van der Waals surface area contributed by atoms with E-state index in [0.29, 0.717) is 26.2 Å². The average Bonchev–Trinajstić information content (AvgIpc) is 2.27. The van der Waals surface area contributed by atoms with Crippen LogP contribution in [0.1, 0.15) is 26.7 Å². The SMILES string of the molecule is COCCC(C)(C)CNC(=O)N1CC(CC(=O)O)C1. The van der Waals surface area contributed by atoms with Crippen molar-refractivity contribution >= 4 is 12.0 Å². The highest BCUT2D eigenvalue weighted by Crippen LogP contribution is 2.21. The third-order valence-electron chi connectivity index (χ3n) is 3.41. The fraction of sp³-hybridized carbons (Fsp3) is 0.846. The van der Waals surface area contributed by atoms with Gasteiger partial charge in [0.15, 0.2) is 0 Å². The van der Waals surface area contributed by atoms with E-state index in [0.717, 1.165) is 6.42 Å². The maximum absolute atomic E-state index is 11.8. The summed E-state index contributed by atoms with van der Waals surface area (Å²) >= 11 is 0. The van der Waals surface area contributed by atoms with Crippen molar-refractivity contribution in [1.82, 2.24) is 10.2 Å². The number of aliphatic carboxylic acids is 1. The van der Waals surface area contributed by atoms with Crippen LogP contribution in [0.25, 0.3) is 0 Å². The van der Waals surface area contributed by atoms with E-state index < -0.39 is 5.97 Å². The summed E-state index contributed by atoms with van der Waals surface area (Å²) in [5.74, 6) is -0.699. The van der Waals surface area contributed by atoms with E-state index in [9.17, 15) is 9.59 Å². The van der Waals surface area contributed by atoms with Crippen LogP contribution >= 0.6 is 0 Å². The zero-order chi connectivity index (χ0) is 14.5. The number of likely N-dealkylation sites (tertiary alicyclic amines) is 1. The van der Waals surface area contributed by atoms with Crippen LogP contribution in [0.3, 0.4) is 0 Å². The predicted molar refractivity (Wildman–Crippen MR) is 71.0 cm³/mol. The van der Waals surface area contributed by atoms with Gasteiger partial charge >= 0.3 is 12.0 Å². The Morgan fingerprint density at radius 1 is 1.42 bits per heavy atom. The van der Waals surface area contributed by atoms with E-state index in [2.05, 4.69) is 19.2 Å².